The first-order chi connectivity index (χ1) is 15.3. The lowest BCUT2D eigenvalue weighted by Gasteiger charge is -2.11. The van der Waals surface area contributed by atoms with Crippen LogP contribution in [0.2, 0.25) is 0 Å². The molecule has 0 aliphatic heterocycles. The predicted octanol–water partition coefficient (Wildman–Crippen LogP) is 4.04. The van der Waals surface area contributed by atoms with E-state index in [1.807, 2.05) is 24.3 Å². The number of aromatic hydroxyl groups is 1. The summed E-state index contributed by atoms with van der Waals surface area (Å²) in [6, 6.07) is 16.6. The molecule has 0 aliphatic carbocycles. The molecule has 0 saturated heterocycles. The molecule has 0 aliphatic rings. The third kappa shape index (κ3) is 5.85. The third-order valence-corrected chi connectivity index (χ3v) is 4.46. The minimum atomic E-state index is -0.520. The fourth-order valence-corrected chi connectivity index (χ4v) is 2.89. The van der Waals surface area contributed by atoms with Crippen LogP contribution in [-0.2, 0) is 9.53 Å². The number of nitrogens with one attached hydrogen (secondary N) is 3. The summed E-state index contributed by atoms with van der Waals surface area (Å²) >= 11 is 0. The van der Waals surface area contributed by atoms with E-state index in [9.17, 15) is 19.5 Å². The fourth-order valence-electron chi connectivity index (χ4n) is 2.89. The molecule has 0 spiro atoms. The predicted molar refractivity (Wildman–Crippen MR) is 123 cm³/mol. The summed E-state index contributed by atoms with van der Waals surface area (Å²) in [6.07, 6.45) is 0. The Labute approximate surface area is 184 Å². The normalized spacial score (nSPS) is 10.3. The van der Waals surface area contributed by atoms with Gasteiger partial charge in [0, 0.05) is 16.9 Å². The van der Waals surface area contributed by atoms with Gasteiger partial charge in [-0.25, -0.2) is 9.59 Å². The molecule has 164 valence electrons. The Balaban J connectivity index is 1.58. The molecule has 3 amide bonds. The second-order valence-corrected chi connectivity index (χ2v) is 7.05. The van der Waals surface area contributed by atoms with E-state index in [4.69, 9.17) is 4.74 Å². The zero-order valence-corrected chi connectivity index (χ0v) is 17.5. The van der Waals surface area contributed by atoms with Gasteiger partial charge in [0.05, 0.1) is 12.1 Å². The number of phenolic OH excluding ortho intramolecular Hbond substituents is 1. The largest absolute Gasteiger partial charge is 0.507 e. The molecule has 0 fully saturated rings. The molecular formula is C24H23N3O5. The zero-order chi connectivity index (χ0) is 23.1. The number of benzene rings is 3. The summed E-state index contributed by atoms with van der Waals surface area (Å²) in [5.74, 6) is -1.12. The van der Waals surface area contributed by atoms with Crippen LogP contribution in [0.4, 0.5) is 16.2 Å². The van der Waals surface area contributed by atoms with Crippen molar-refractivity contribution in [2.45, 2.75) is 6.92 Å². The van der Waals surface area contributed by atoms with Crippen molar-refractivity contribution in [3.63, 3.8) is 0 Å². The molecule has 0 heterocycles. The number of hydrogen-bond donors (Lipinski definition) is 4. The molecule has 0 saturated carbocycles. The van der Waals surface area contributed by atoms with Gasteiger partial charge in [-0.3, -0.25) is 4.79 Å². The maximum atomic E-state index is 12.7. The number of esters is 1. The number of carbonyl (C=O) groups excluding carboxylic acids is 3. The van der Waals surface area contributed by atoms with E-state index < -0.39 is 17.9 Å². The highest BCUT2D eigenvalue weighted by atomic mass is 16.5. The molecule has 8 heteroatoms. The van der Waals surface area contributed by atoms with E-state index >= 15 is 0 Å². The van der Waals surface area contributed by atoms with Gasteiger partial charge in [0.25, 0.3) is 5.91 Å². The van der Waals surface area contributed by atoms with Crippen LogP contribution < -0.4 is 16.0 Å². The number of fused-ring (bicyclic) bond motifs is 1. The van der Waals surface area contributed by atoms with Gasteiger partial charge in [-0.2, -0.15) is 0 Å². The molecule has 3 rings (SSSR count). The Kier molecular flexibility index (Phi) is 7.07. The molecule has 0 unspecified atom stereocenters. The van der Waals surface area contributed by atoms with E-state index in [0.29, 0.717) is 11.4 Å². The molecule has 4 N–H and O–H groups in total. The van der Waals surface area contributed by atoms with Crippen molar-refractivity contribution < 1.29 is 24.2 Å². The summed E-state index contributed by atoms with van der Waals surface area (Å²) in [6.45, 7) is 5.16. The second-order valence-electron chi connectivity index (χ2n) is 7.05. The second kappa shape index (κ2) is 10.1. The Bertz CT molecular complexity index is 1190. The summed E-state index contributed by atoms with van der Waals surface area (Å²) in [5.41, 5.74) is 1.31. The van der Waals surface area contributed by atoms with E-state index in [0.717, 1.165) is 10.8 Å². The number of ether oxygens (including phenoxy) is 1. The van der Waals surface area contributed by atoms with Crippen molar-refractivity contribution in [3.8, 4) is 5.75 Å². The van der Waals surface area contributed by atoms with Crippen molar-refractivity contribution in [2.75, 3.05) is 23.8 Å². The van der Waals surface area contributed by atoms with Crippen LogP contribution in [0.5, 0.6) is 5.75 Å². The van der Waals surface area contributed by atoms with Gasteiger partial charge < -0.3 is 25.8 Å². The molecule has 0 atom stereocenters. The Morgan fingerprint density at radius 1 is 0.938 bits per heavy atom. The molecule has 3 aromatic carbocycles. The number of urea groups is 1. The van der Waals surface area contributed by atoms with Crippen LogP contribution in [-0.4, -0.2) is 36.2 Å². The van der Waals surface area contributed by atoms with Gasteiger partial charge in [-0.15, -0.1) is 0 Å². The van der Waals surface area contributed by atoms with E-state index in [2.05, 4.69) is 22.5 Å². The highest BCUT2D eigenvalue weighted by molar-refractivity contribution is 6.09. The van der Waals surface area contributed by atoms with E-state index in [1.54, 1.807) is 36.4 Å². The first-order valence-corrected chi connectivity index (χ1v) is 9.84. The van der Waals surface area contributed by atoms with Crippen LogP contribution in [0.3, 0.4) is 0 Å². The summed E-state index contributed by atoms with van der Waals surface area (Å²) in [5, 5.41) is 19.8. The van der Waals surface area contributed by atoms with E-state index in [-0.39, 0.29) is 30.0 Å². The summed E-state index contributed by atoms with van der Waals surface area (Å²) in [7, 11) is 0. The van der Waals surface area contributed by atoms with Crippen molar-refractivity contribution in [1.82, 2.24) is 5.32 Å². The van der Waals surface area contributed by atoms with Crippen LogP contribution in [0.25, 0.3) is 10.8 Å². The highest BCUT2D eigenvalue weighted by Crippen LogP contribution is 2.26. The van der Waals surface area contributed by atoms with Gasteiger partial charge in [0.15, 0.2) is 0 Å². The third-order valence-electron chi connectivity index (χ3n) is 4.46. The average molecular weight is 433 g/mol. The Morgan fingerprint density at radius 3 is 2.28 bits per heavy atom. The Morgan fingerprint density at radius 2 is 1.59 bits per heavy atom. The molecule has 0 bridgehead atoms. The van der Waals surface area contributed by atoms with Gasteiger partial charge in [-0.1, -0.05) is 36.9 Å². The zero-order valence-electron chi connectivity index (χ0n) is 17.5. The summed E-state index contributed by atoms with van der Waals surface area (Å²) < 4.78 is 4.90. The molecular weight excluding hydrogens is 410 g/mol. The molecule has 0 radical (unpaired) electrons. The lowest BCUT2D eigenvalue weighted by atomic mass is 10.1. The minimum absolute atomic E-state index is 0.0183. The number of anilines is 2. The quantitative estimate of drug-likeness (QED) is 0.255. The number of amides is 3. The van der Waals surface area contributed by atoms with E-state index in [1.165, 1.54) is 6.92 Å². The van der Waals surface area contributed by atoms with Crippen molar-refractivity contribution in [3.05, 3.63) is 78.4 Å². The molecule has 0 aromatic heterocycles. The molecule has 3 aromatic rings. The number of phenols is 1. The van der Waals surface area contributed by atoms with Crippen LogP contribution >= 0.6 is 0 Å². The standard InChI is InChI=1S/C24H23N3O5/c1-15(2)23(30)32-11-10-25-24(31)27-19-9-5-8-18(14-19)26-22(29)20-12-16-6-3-4-7-17(16)13-21(20)28/h3-9,12-14,28H,1,10-11H2,2H3,(H,26,29)(H2,25,27,31). The first-order valence-electron chi connectivity index (χ1n) is 9.84. The lowest BCUT2D eigenvalue weighted by molar-refractivity contribution is -0.138. The first kappa shape index (κ1) is 22.4. The van der Waals surface area contributed by atoms with Crippen molar-refractivity contribution in [2.24, 2.45) is 0 Å². The highest BCUT2D eigenvalue weighted by Gasteiger charge is 2.13. The van der Waals surface area contributed by atoms with Gasteiger partial charge >= 0.3 is 12.0 Å². The summed E-state index contributed by atoms with van der Waals surface area (Å²) in [4.78, 5) is 36.0. The average Bonchev–Trinajstić information content (AvgIpc) is 2.76. The maximum absolute atomic E-state index is 12.7. The molecule has 32 heavy (non-hydrogen) atoms. The number of carbonyl (C=O) groups is 3. The lowest BCUT2D eigenvalue weighted by Crippen LogP contribution is -2.32. The van der Waals surface area contributed by atoms with Crippen LogP contribution in [0, 0.1) is 0 Å². The Hall–Kier alpha value is -4.33. The fraction of sp³-hybridized carbons (Fsp3) is 0.125. The SMILES string of the molecule is C=C(C)C(=O)OCCNC(=O)Nc1cccc(NC(=O)c2cc3ccccc3cc2O)c1. The smallest absolute Gasteiger partial charge is 0.333 e. The van der Waals surface area contributed by atoms with Gasteiger partial charge in [-0.05, 0) is 48.0 Å². The number of rotatable bonds is 7. The number of hydrogen-bond acceptors (Lipinski definition) is 5. The monoisotopic (exact) mass is 433 g/mol. The van der Waals surface area contributed by atoms with Crippen LogP contribution in [0.15, 0.2) is 72.8 Å². The van der Waals surface area contributed by atoms with Crippen molar-refractivity contribution >= 4 is 40.1 Å². The van der Waals surface area contributed by atoms with Gasteiger partial charge in [0.2, 0.25) is 0 Å². The topological polar surface area (TPSA) is 117 Å². The maximum Gasteiger partial charge on any atom is 0.333 e. The van der Waals surface area contributed by atoms with Crippen LogP contribution in [0.1, 0.15) is 17.3 Å². The minimum Gasteiger partial charge on any atom is -0.507 e. The molecule has 8 nitrogen and oxygen atoms in total. The van der Waals surface area contributed by atoms with Crippen molar-refractivity contribution in [1.29, 1.82) is 0 Å². The van der Waals surface area contributed by atoms with Gasteiger partial charge in [0.1, 0.15) is 12.4 Å².